The van der Waals surface area contributed by atoms with E-state index in [1.165, 1.54) is 37.8 Å². The van der Waals surface area contributed by atoms with Crippen molar-refractivity contribution in [1.29, 1.82) is 0 Å². The van der Waals surface area contributed by atoms with Crippen molar-refractivity contribution in [2.45, 2.75) is 51.5 Å². The van der Waals surface area contributed by atoms with Crippen LogP contribution in [-0.4, -0.2) is 12.1 Å². The number of benzene rings is 1. The smallest absolute Gasteiger partial charge is 0.0495 e. The van der Waals surface area contributed by atoms with Gasteiger partial charge in [0.1, 0.15) is 0 Å². The zero-order valence-electron chi connectivity index (χ0n) is 12.7. The van der Waals surface area contributed by atoms with E-state index in [0.717, 1.165) is 16.3 Å². The third-order valence-corrected chi connectivity index (χ3v) is 5.34. The third-order valence-electron chi connectivity index (χ3n) is 4.81. The predicted octanol–water partition coefficient (Wildman–Crippen LogP) is 4.79. The highest BCUT2D eigenvalue weighted by atomic mass is 79.9. The molecule has 3 heteroatoms. The molecule has 1 aliphatic carbocycles. The first-order valence-corrected chi connectivity index (χ1v) is 8.58. The van der Waals surface area contributed by atoms with E-state index in [2.05, 4.69) is 59.4 Å². The van der Waals surface area contributed by atoms with Crippen LogP contribution in [0.15, 0.2) is 28.7 Å². The summed E-state index contributed by atoms with van der Waals surface area (Å²) in [6.45, 7) is 5.42. The topological polar surface area (TPSA) is 38.0 Å². The quantitative estimate of drug-likeness (QED) is 0.774. The van der Waals surface area contributed by atoms with Crippen molar-refractivity contribution in [2.75, 3.05) is 11.9 Å². The molecule has 0 saturated heterocycles. The first kappa shape index (κ1) is 15.8. The molecule has 2 rings (SSSR count). The minimum absolute atomic E-state index is 0.0808. The Hall–Kier alpha value is -0.540. The van der Waals surface area contributed by atoms with E-state index in [4.69, 9.17) is 5.73 Å². The molecule has 0 heterocycles. The van der Waals surface area contributed by atoms with Crippen molar-refractivity contribution in [3.05, 3.63) is 28.7 Å². The SMILES string of the molecule is CC(C)C1CCCC(CN)(Nc2ccc(Br)cc2)CC1. The van der Waals surface area contributed by atoms with Crippen molar-refractivity contribution in [3.8, 4) is 0 Å². The van der Waals surface area contributed by atoms with Gasteiger partial charge in [-0.2, -0.15) is 0 Å². The summed E-state index contributed by atoms with van der Waals surface area (Å²) in [6, 6.07) is 8.43. The predicted molar refractivity (Wildman–Crippen MR) is 91.0 cm³/mol. The normalized spacial score (nSPS) is 27.4. The van der Waals surface area contributed by atoms with Gasteiger partial charge in [-0.3, -0.25) is 0 Å². The number of hydrogen-bond donors (Lipinski definition) is 2. The Morgan fingerprint density at radius 1 is 1.25 bits per heavy atom. The van der Waals surface area contributed by atoms with Crippen molar-refractivity contribution in [3.63, 3.8) is 0 Å². The molecule has 2 atom stereocenters. The van der Waals surface area contributed by atoms with Crippen LogP contribution in [-0.2, 0) is 0 Å². The van der Waals surface area contributed by atoms with Gasteiger partial charge in [-0.05, 0) is 55.4 Å². The highest BCUT2D eigenvalue weighted by Crippen LogP contribution is 2.35. The lowest BCUT2D eigenvalue weighted by Crippen LogP contribution is -2.45. The summed E-state index contributed by atoms with van der Waals surface area (Å²) in [5.74, 6) is 1.64. The third kappa shape index (κ3) is 3.98. The lowest BCUT2D eigenvalue weighted by atomic mass is 9.86. The molecular weight excluding hydrogens is 312 g/mol. The van der Waals surface area contributed by atoms with Gasteiger partial charge in [0.2, 0.25) is 0 Å². The number of nitrogens with one attached hydrogen (secondary N) is 1. The second-order valence-electron chi connectivity index (χ2n) is 6.55. The molecule has 20 heavy (non-hydrogen) atoms. The van der Waals surface area contributed by atoms with Crippen LogP contribution in [0.3, 0.4) is 0 Å². The molecule has 0 spiro atoms. The Labute approximate surface area is 131 Å². The van der Waals surface area contributed by atoms with E-state index in [1.54, 1.807) is 0 Å². The molecule has 3 N–H and O–H groups in total. The zero-order valence-corrected chi connectivity index (χ0v) is 14.2. The van der Waals surface area contributed by atoms with Gasteiger partial charge in [0.05, 0.1) is 0 Å². The number of rotatable bonds is 4. The number of nitrogens with two attached hydrogens (primary N) is 1. The second-order valence-corrected chi connectivity index (χ2v) is 7.47. The van der Waals surface area contributed by atoms with Gasteiger partial charge in [-0.25, -0.2) is 0 Å². The molecule has 1 saturated carbocycles. The van der Waals surface area contributed by atoms with Gasteiger partial charge < -0.3 is 11.1 Å². The minimum atomic E-state index is 0.0808. The van der Waals surface area contributed by atoms with Crippen LogP contribution in [0.4, 0.5) is 5.69 Å². The minimum Gasteiger partial charge on any atom is -0.378 e. The maximum atomic E-state index is 6.14. The molecule has 1 aliphatic rings. The largest absolute Gasteiger partial charge is 0.378 e. The van der Waals surface area contributed by atoms with Gasteiger partial charge in [0.15, 0.2) is 0 Å². The molecular formula is C17H27BrN2. The summed E-state index contributed by atoms with van der Waals surface area (Å²) in [5.41, 5.74) is 7.40. The van der Waals surface area contributed by atoms with E-state index in [-0.39, 0.29) is 5.54 Å². The van der Waals surface area contributed by atoms with Crippen molar-refractivity contribution in [2.24, 2.45) is 17.6 Å². The average Bonchev–Trinajstić information content (AvgIpc) is 2.65. The monoisotopic (exact) mass is 338 g/mol. The molecule has 2 nitrogen and oxygen atoms in total. The van der Waals surface area contributed by atoms with Crippen LogP contribution < -0.4 is 11.1 Å². The average molecular weight is 339 g/mol. The van der Waals surface area contributed by atoms with Crippen molar-refractivity contribution >= 4 is 21.6 Å². The Morgan fingerprint density at radius 2 is 1.95 bits per heavy atom. The summed E-state index contributed by atoms with van der Waals surface area (Å²) in [4.78, 5) is 0. The van der Waals surface area contributed by atoms with Gasteiger partial charge in [-0.15, -0.1) is 0 Å². The van der Waals surface area contributed by atoms with Crippen molar-refractivity contribution in [1.82, 2.24) is 0 Å². The fraction of sp³-hybridized carbons (Fsp3) is 0.647. The summed E-state index contributed by atoms with van der Waals surface area (Å²) in [7, 11) is 0. The van der Waals surface area contributed by atoms with Crippen LogP contribution in [0, 0.1) is 11.8 Å². The number of hydrogen-bond acceptors (Lipinski definition) is 2. The molecule has 0 radical (unpaired) electrons. The Bertz CT molecular complexity index is 416. The summed E-state index contributed by atoms with van der Waals surface area (Å²) in [6.07, 6.45) is 6.29. The molecule has 112 valence electrons. The van der Waals surface area contributed by atoms with Gasteiger partial charge >= 0.3 is 0 Å². The Balaban J connectivity index is 2.07. The van der Waals surface area contributed by atoms with E-state index in [1.807, 2.05) is 0 Å². The number of anilines is 1. The van der Waals surface area contributed by atoms with E-state index in [0.29, 0.717) is 6.54 Å². The molecule has 2 unspecified atom stereocenters. The molecule has 0 aliphatic heterocycles. The lowest BCUT2D eigenvalue weighted by Gasteiger charge is -2.34. The van der Waals surface area contributed by atoms with Crippen LogP contribution in [0.1, 0.15) is 46.0 Å². The fourth-order valence-electron chi connectivity index (χ4n) is 3.32. The van der Waals surface area contributed by atoms with Crippen LogP contribution in [0.2, 0.25) is 0 Å². The highest BCUT2D eigenvalue weighted by molar-refractivity contribution is 9.10. The lowest BCUT2D eigenvalue weighted by molar-refractivity contribution is 0.332. The van der Waals surface area contributed by atoms with Gasteiger partial charge in [0.25, 0.3) is 0 Å². The molecule has 1 aromatic carbocycles. The molecule has 0 bridgehead atoms. The Kier molecular flexibility index (Phi) is 5.50. The van der Waals surface area contributed by atoms with Gasteiger partial charge in [-0.1, -0.05) is 42.6 Å². The summed E-state index contributed by atoms with van der Waals surface area (Å²) >= 11 is 3.48. The fourth-order valence-corrected chi connectivity index (χ4v) is 3.58. The first-order chi connectivity index (χ1) is 9.54. The summed E-state index contributed by atoms with van der Waals surface area (Å²) < 4.78 is 1.12. The highest BCUT2D eigenvalue weighted by Gasteiger charge is 2.32. The molecule has 1 aromatic rings. The summed E-state index contributed by atoms with van der Waals surface area (Å²) in [5, 5.41) is 3.72. The van der Waals surface area contributed by atoms with Crippen LogP contribution in [0.25, 0.3) is 0 Å². The van der Waals surface area contributed by atoms with Crippen LogP contribution >= 0.6 is 15.9 Å². The van der Waals surface area contributed by atoms with Crippen LogP contribution in [0.5, 0.6) is 0 Å². The van der Waals surface area contributed by atoms with E-state index < -0.39 is 0 Å². The maximum absolute atomic E-state index is 6.14. The molecule has 1 fully saturated rings. The Morgan fingerprint density at radius 3 is 2.55 bits per heavy atom. The second kappa shape index (κ2) is 6.95. The number of halogens is 1. The zero-order chi connectivity index (χ0) is 14.6. The molecule has 0 aromatic heterocycles. The maximum Gasteiger partial charge on any atom is 0.0495 e. The van der Waals surface area contributed by atoms with E-state index in [9.17, 15) is 0 Å². The standard InChI is InChI=1S/C17H27BrN2/c1-13(2)14-4-3-10-17(12-19,11-9-14)20-16-7-5-15(18)6-8-16/h5-8,13-14,20H,3-4,9-12,19H2,1-2H3. The molecule has 0 amide bonds. The van der Waals surface area contributed by atoms with E-state index >= 15 is 0 Å². The van der Waals surface area contributed by atoms with Gasteiger partial charge in [0, 0.05) is 22.2 Å². The van der Waals surface area contributed by atoms with Crippen molar-refractivity contribution < 1.29 is 0 Å². The first-order valence-electron chi connectivity index (χ1n) is 7.78.